The monoisotopic (exact) mass is 265 g/mol. The summed E-state index contributed by atoms with van der Waals surface area (Å²) < 4.78 is 13.6. The Kier molecular flexibility index (Phi) is 3.79. The van der Waals surface area contributed by atoms with Crippen LogP contribution in [-0.2, 0) is 6.42 Å². The third-order valence-electron chi connectivity index (χ3n) is 2.77. The van der Waals surface area contributed by atoms with Crippen molar-refractivity contribution in [3.8, 4) is 0 Å². The van der Waals surface area contributed by atoms with Crippen molar-refractivity contribution in [2.24, 2.45) is 5.73 Å². The number of nitrogen functional groups attached to an aromatic ring is 1. The van der Waals surface area contributed by atoms with Gasteiger partial charge in [0.25, 0.3) is 0 Å². The Morgan fingerprint density at radius 2 is 2.11 bits per heavy atom. The van der Waals surface area contributed by atoms with Gasteiger partial charge in [-0.25, -0.2) is 4.39 Å². The SMILES string of the molecule is Nc1ccncc1C(N)Cc1c(F)cccc1Cl. The fourth-order valence-corrected chi connectivity index (χ4v) is 2.02. The predicted molar refractivity (Wildman–Crippen MR) is 70.7 cm³/mol. The van der Waals surface area contributed by atoms with Crippen LogP contribution in [0, 0.1) is 5.82 Å². The Bertz CT molecular complexity index is 539. The maximum Gasteiger partial charge on any atom is 0.127 e. The van der Waals surface area contributed by atoms with E-state index < -0.39 is 6.04 Å². The summed E-state index contributed by atoms with van der Waals surface area (Å²) in [6.45, 7) is 0. The summed E-state index contributed by atoms with van der Waals surface area (Å²) in [6.07, 6.45) is 3.46. The number of halogens is 2. The fraction of sp³-hybridized carbons (Fsp3) is 0.154. The third kappa shape index (κ3) is 2.60. The van der Waals surface area contributed by atoms with Crippen LogP contribution in [0.3, 0.4) is 0 Å². The minimum Gasteiger partial charge on any atom is -0.398 e. The molecule has 0 aliphatic rings. The Balaban J connectivity index is 2.27. The number of aromatic nitrogens is 1. The molecule has 94 valence electrons. The lowest BCUT2D eigenvalue weighted by Crippen LogP contribution is -2.16. The van der Waals surface area contributed by atoms with Crippen LogP contribution in [0.4, 0.5) is 10.1 Å². The predicted octanol–water partition coefficient (Wildman–Crippen LogP) is 2.70. The van der Waals surface area contributed by atoms with Gasteiger partial charge in [-0.05, 0) is 24.6 Å². The van der Waals surface area contributed by atoms with Crippen molar-refractivity contribution < 1.29 is 4.39 Å². The van der Waals surface area contributed by atoms with Crippen molar-refractivity contribution in [2.75, 3.05) is 5.73 Å². The molecule has 18 heavy (non-hydrogen) atoms. The molecule has 3 nitrogen and oxygen atoms in total. The van der Waals surface area contributed by atoms with Crippen LogP contribution in [0.1, 0.15) is 17.2 Å². The second kappa shape index (κ2) is 5.33. The van der Waals surface area contributed by atoms with Gasteiger partial charge in [0, 0.05) is 40.3 Å². The quantitative estimate of drug-likeness (QED) is 0.897. The minimum atomic E-state index is -0.437. The van der Waals surface area contributed by atoms with E-state index in [0.29, 0.717) is 21.8 Å². The molecule has 0 fully saturated rings. The minimum absolute atomic E-state index is 0.279. The highest BCUT2D eigenvalue weighted by Gasteiger charge is 2.15. The zero-order chi connectivity index (χ0) is 13.1. The first kappa shape index (κ1) is 12.8. The van der Waals surface area contributed by atoms with E-state index in [1.165, 1.54) is 6.07 Å². The average Bonchev–Trinajstić information content (AvgIpc) is 2.34. The van der Waals surface area contributed by atoms with Gasteiger partial charge in [-0.3, -0.25) is 4.98 Å². The van der Waals surface area contributed by atoms with Crippen molar-refractivity contribution in [1.82, 2.24) is 4.98 Å². The van der Waals surface area contributed by atoms with Crippen LogP contribution in [0.5, 0.6) is 0 Å². The van der Waals surface area contributed by atoms with Crippen LogP contribution < -0.4 is 11.5 Å². The Morgan fingerprint density at radius 1 is 1.33 bits per heavy atom. The first-order valence-electron chi connectivity index (χ1n) is 5.47. The molecule has 5 heteroatoms. The topological polar surface area (TPSA) is 64.9 Å². The van der Waals surface area contributed by atoms with E-state index in [4.69, 9.17) is 23.1 Å². The number of benzene rings is 1. The summed E-state index contributed by atoms with van der Waals surface area (Å²) in [4.78, 5) is 3.97. The standard InChI is InChI=1S/C13H13ClFN3/c14-10-2-1-3-11(15)8(10)6-13(17)9-7-18-5-4-12(9)16/h1-5,7,13H,6,17H2,(H2,16,18). The second-order valence-electron chi connectivity index (χ2n) is 4.02. The Hall–Kier alpha value is -1.65. The van der Waals surface area contributed by atoms with E-state index in [2.05, 4.69) is 4.98 Å². The maximum absolute atomic E-state index is 13.6. The largest absolute Gasteiger partial charge is 0.398 e. The van der Waals surface area contributed by atoms with E-state index in [9.17, 15) is 4.39 Å². The summed E-state index contributed by atoms with van der Waals surface area (Å²) in [5.74, 6) is -0.361. The van der Waals surface area contributed by atoms with Gasteiger partial charge in [-0.15, -0.1) is 0 Å². The molecule has 0 amide bonds. The van der Waals surface area contributed by atoms with Crippen LogP contribution >= 0.6 is 11.6 Å². The molecule has 0 saturated carbocycles. The summed E-state index contributed by atoms with van der Waals surface area (Å²) in [5, 5.41) is 0.368. The summed E-state index contributed by atoms with van der Waals surface area (Å²) >= 11 is 5.96. The van der Waals surface area contributed by atoms with Gasteiger partial charge in [-0.2, -0.15) is 0 Å². The molecule has 0 radical (unpaired) electrons. The van der Waals surface area contributed by atoms with Crippen LogP contribution in [0.15, 0.2) is 36.7 Å². The molecule has 0 bridgehead atoms. The van der Waals surface area contributed by atoms with Crippen molar-refractivity contribution in [3.05, 3.63) is 58.6 Å². The van der Waals surface area contributed by atoms with Crippen molar-refractivity contribution in [1.29, 1.82) is 0 Å². The molecule has 1 atom stereocenters. The number of nitrogens with zero attached hydrogens (tertiary/aromatic N) is 1. The molecule has 0 aliphatic heterocycles. The third-order valence-corrected chi connectivity index (χ3v) is 3.13. The summed E-state index contributed by atoms with van der Waals surface area (Å²) in [5.41, 5.74) is 13.5. The van der Waals surface area contributed by atoms with Gasteiger partial charge in [0.1, 0.15) is 5.82 Å². The molecular formula is C13H13ClFN3. The number of nitrogens with two attached hydrogens (primary N) is 2. The molecule has 0 saturated heterocycles. The van der Waals surface area contributed by atoms with Crippen molar-refractivity contribution in [2.45, 2.75) is 12.5 Å². The normalized spacial score (nSPS) is 12.4. The van der Waals surface area contributed by atoms with Crippen LogP contribution in [0.25, 0.3) is 0 Å². The average molecular weight is 266 g/mol. The van der Waals surface area contributed by atoms with Gasteiger partial charge in [0.2, 0.25) is 0 Å². The summed E-state index contributed by atoms with van der Waals surface area (Å²) in [7, 11) is 0. The zero-order valence-corrected chi connectivity index (χ0v) is 10.4. The fourth-order valence-electron chi connectivity index (χ4n) is 1.78. The molecule has 1 unspecified atom stereocenters. The summed E-state index contributed by atoms with van der Waals surface area (Å²) in [6, 6.07) is 5.79. The number of rotatable bonds is 3. The van der Waals surface area contributed by atoms with Gasteiger partial charge >= 0.3 is 0 Å². The van der Waals surface area contributed by atoms with Crippen molar-refractivity contribution >= 4 is 17.3 Å². The zero-order valence-electron chi connectivity index (χ0n) is 9.61. The van der Waals surface area contributed by atoms with Gasteiger partial charge in [-0.1, -0.05) is 17.7 Å². The lowest BCUT2D eigenvalue weighted by atomic mass is 9.99. The number of pyridine rings is 1. The highest BCUT2D eigenvalue weighted by atomic mass is 35.5. The Morgan fingerprint density at radius 3 is 2.78 bits per heavy atom. The highest BCUT2D eigenvalue weighted by molar-refractivity contribution is 6.31. The highest BCUT2D eigenvalue weighted by Crippen LogP contribution is 2.26. The number of hydrogen-bond donors (Lipinski definition) is 2. The van der Waals surface area contributed by atoms with Crippen LogP contribution in [-0.4, -0.2) is 4.98 Å². The van der Waals surface area contributed by atoms with E-state index in [1.807, 2.05) is 0 Å². The first-order chi connectivity index (χ1) is 8.59. The van der Waals surface area contributed by atoms with E-state index in [-0.39, 0.29) is 12.2 Å². The molecule has 2 aromatic rings. The van der Waals surface area contributed by atoms with Gasteiger partial charge in [0.05, 0.1) is 0 Å². The molecule has 1 heterocycles. The number of hydrogen-bond acceptors (Lipinski definition) is 3. The molecular weight excluding hydrogens is 253 g/mol. The molecule has 1 aromatic heterocycles. The molecule has 2 rings (SSSR count). The first-order valence-corrected chi connectivity index (χ1v) is 5.85. The second-order valence-corrected chi connectivity index (χ2v) is 4.42. The number of anilines is 1. The van der Waals surface area contributed by atoms with E-state index in [0.717, 1.165) is 0 Å². The lowest BCUT2D eigenvalue weighted by molar-refractivity contribution is 0.593. The van der Waals surface area contributed by atoms with E-state index >= 15 is 0 Å². The van der Waals surface area contributed by atoms with Gasteiger partial charge < -0.3 is 11.5 Å². The van der Waals surface area contributed by atoms with Gasteiger partial charge in [0.15, 0.2) is 0 Å². The smallest absolute Gasteiger partial charge is 0.127 e. The Labute approximate surface area is 110 Å². The lowest BCUT2D eigenvalue weighted by Gasteiger charge is -2.15. The van der Waals surface area contributed by atoms with Crippen molar-refractivity contribution in [3.63, 3.8) is 0 Å². The molecule has 0 aliphatic carbocycles. The van der Waals surface area contributed by atoms with Crippen LogP contribution in [0.2, 0.25) is 5.02 Å². The molecule has 1 aromatic carbocycles. The maximum atomic E-state index is 13.6. The molecule has 4 N–H and O–H groups in total. The van der Waals surface area contributed by atoms with E-state index in [1.54, 1.807) is 30.6 Å². The molecule has 0 spiro atoms.